The number of benzene rings is 3. The van der Waals surface area contributed by atoms with E-state index in [-0.39, 0.29) is 5.91 Å². The highest BCUT2D eigenvalue weighted by molar-refractivity contribution is 5.94. The van der Waals surface area contributed by atoms with E-state index in [1.165, 1.54) is 5.56 Å². The molecule has 0 atom stereocenters. The zero-order valence-corrected chi connectivity index (χ0v) is 17.7. The van der Waals surface area contributed by atoms with Crippen molar-refractivity contribution in [1.29, 1.82) is 0 Å². The van der Waals surface area contributed by atoms with Crippen molar-refractivity contribution in [1.82, 2.24) is 14.5 Å². The van der Waals surface area contributed by atoms with Gasteiger partial charge in [0.1, 0.15) is 0 Å². The molecule has 156 valence electrons. The molecule has 5 heteroatoms. The van der Waals surface area contributed by atoms with E-state index in [1.807, 2.05) is 48.2 Å². The maximum absolute atomic E-state index is 12.9. The van der Waals surface area contributed by atoms with Gasteiger partial charge in [0, 0.05) is 31.7 Å². The molecule has 1 saturated heterocycles. The number of anilines is 1. The molecule has 3 aromatic carbocycles. The Hall–Kier alpha value is -3.60. The van der Waals surface area contributed by atoms with Crippen molar-refractivity contribution in [2.45, 2.75) is 13.5 Å². The quantitative estimate of drug-likeness (QED) is 0.502. The second kappa shape index (κ2) is 8.26. The van der Waals surface area contributed by atoms with Crippen LogP contribution in [0.5, 0.6) is 0 Å². The van der Waals surface area contributed by atoms with E-state index in [9.17, 15) is 4.79 Å². The molecule has 0 N–H and O–H groups in total. The van der Waals surface area contributed by atoms with Crippen LogP contribution >= 0.6 is 0 Å². The molecule has 1 aromatic heterocycles. The molecule has 1 amide bonds. The van der Waals surface area contributed by atoms with Gasteiger partial charge in [-0.3, -0.25) is 4.79 Å². The molecule has 1 aliphatic heterocycles. The molecule has 5 nitrogen and oxygen atoms in total. The number of hydrogen-bond donors (Lipinski definition) is 0. The van der Waals surface area contributed by atoms with E-state index in [0.717, 1.165) is 47.7 Å². The lowest BCUT2D eigenvalue weighted by Crippen LogP contribution is -2.49. The molecule has 4 aromatic rings. The Morgan fingerprint density at radius 1 is 0.871 bits per heavy atom. The first-order valence-electron chi connectivity index (χ1n) is 10.8. The van der Waals surface area contributed by atoms with Gasteiger partial charge in [-0.25, -0.2) is 4.98 Å². The van der Waals surface area contributed by atoms with E-state index >= 15 is 0 Å². The average Bonchev–Trinajstić information content (AvgIpc) is 3.18. The summed E-state index contributed by atoms with van der Waals surface area (Å²) in [5.41, 5.74) is 5.27. The van der Waals surface area contributed by atoms with Crippen LogP contribution in [-0.4, -0.2) is 46.5 Å². The van der Waals surface area contributed by atoms with Crippen LogP contribution in [0.25, 0.3) is 11.0 Å². The van der Waals surface area contributed by atoms with E-state index < -0.39 is 0 Å². The van der Waals surface area contributed by atoms with Crippen molar-refractivity contribution in [3.63, 3.8) is 0 Å². The number of piperazine rings is 1. The Labute approximate surface area is 182 Å². The topological polar surface area (TPSA) is 41.4 Å². The van der Waals surface area contributed by atoms with Crippen LogP contribution in [-0.2, 0) is 6.54 Å². The third-order valence-electron chi connectivity index (χ3n) is 5.93. The summed E-state index contributed by atoms with van der Waals surface area (Å²) < 4.78 is 2.29. The Kier molecular flexibility index (Phi) is 5.16. The Morgan fingerprint density at radius 2 is 1.61 bits per heavy atom. The first-order valence-corrected chi connectivity index (χ1v) is 10.8. The van der Waals surface area contributed by atoms with Crippen LogP contribution < -0.4 is 4.90 Å². The molecule has 5 rings (SSSR count). The Morgan fingerprint density at radius 3 is 2.39 bits per heavy atom. The molecule has 2 heterocycles. The van der Waals surface area contributed by atoms with Gasteiger partial charge < -0.3 is 14.4 Å². The second-order valence-electron chi connectivity index (χ2n) is 8.12. The molecule has 0 radical (unpaired) electrons. The van der Waals surface area contributed by atoms with E-state index in [4.69, 9.17) is 4.98 Å². The summed E-state index contributed by atoms with van der Waals surface area (Å²) in [6.07, 6.45) is 0. The maximum atomic E-state index is 12.9. The summed E-state index contributed by atoms with van der Waals surface area (Å²) in [6, 6.07) is 26.6. The molecule has 0 spiro atoms. The first-order chi connectivity index (χ1) is 15.2. The van der Waals surface area contributed by atoms with Crippen LogP contribution in [0.1, 0.15) is 21.5 Å². The van der Waals surface area contributed by atoms with Crippen molar-refractivity contribution in [3.05, 3.63) is 95.6 Å². The summed E-state index contributed by atoms with van der Waals surface area (Å²) in [5.74, 6) is 1.09. The zero-order chi connectivity index (χ0) is 21.2. The number of rotatable bonds is 4. The Bertz CT molecular complexity index is 1210. The number of imidazole rings is 1. The summed E-state index contributed by atoms with van der Waals surface area (Å²) in [5, 5.41) is 0. The third-order valence-corrected chi connectivity index (χ3v) is 5.93. The number of para-hydroxylation sites is 2. The number of aromatic nitrogens is 2. The lowest BCUT2D eigenvalue weighted by molar-refractivity contribution is 0.0746. The molecule has 0 saturated carbocycles. The molecule has 1 aliphatic rings. The fourth-order valence-electron chi connectivity index (χ4n) is 4.30. The van der Waals surface area contributed by atoms with Gasteiger partial charge in [0.05, 0.1) is 17.6 Å². The molecule has 0 aliphatic carbocycles. The minimum atomic E-state index is 0.112. The van der Waals surface area contributed by atoms with Gasteiger partial charge >= 0.3 is 0 Å². The number of nitrogens with zero attached hydrogens (tertiary/aromatic N) is 4. The van der Waals surface area contributed by atoms with Gasteiger partial charge in [-0.05, 0) is 36.8 Å². The van der Waals surface area contributed by atoms with Crippen molar-refractivity contribution in [3.8, 4) is 0 Å². The smallest absolute Gasteiger partial charge is 0.253 e. The minimum absolute atomic E-state index is 0.112. The minimum Gasteiger partial charge on any atom is -0.339 e. The van der Waals surface area contributed by atoms with Crippen LogP contribution in [0.15, 0.2) is 78.9 Å². The molecule has 31 heavy (non-hydrogen) atoms. The van der Waals surface area contributed by atoms with Crippen molar-refractivity contribution in [2.24, 2.45) is 0 Å². The summed E-state index contributed by atoms with van der Waals surface area (Å²) in [4.78, 5) is 22.2. The van der Waals surface area contributed by atoms with Crippen molar-refractivity contribution >= 4 is 22.9 Å². The highest BCUT2D eigenvalue weighted by Crippen LogP contribution is 2.25. The van der Waals surface area contributed by atoms with E-state index in [2.05, 4.69) is 51.9 Å². The van der Waals surface area contributed by atoms with E-state index in [0.29, 0.717) is 13.1 Å². The number of carbonyl (C=O) groups is 1. The van der Waals surface area contributed by atoms with Gasteiger partial charge in [-0.15, -0.1) is 0 Å². The number of hydrogen-bond acceptors (Lipinski definition) is 3. The lowest BCUT2D eigenvalue weighted by atomic mass is 10.1. The predicted octanol–water partition coefficient (Wildman–Crippen LogP) is 4.36. The largest absolute Gasteiger partial charge is 0.339 e. The fraction of sp³-hybridized carbons (Fsp3) is 0.231. The van der Waals surface area contributed by atoms with Crippen molar-refractivity contribution in [2.75, 3.05) is 31.1 Å². The molecular formula is C26H26N4O. The van der Waals surface area contributed by atoms with Crippen LogP contribution in [0.4, 0.5) is 5.95 Å². The number of carbonyl (C=O) groups excluding carboxylic acids is 1. The summed E-state index contributed by atoms with van der Waals surface area (Å²) in [6.45, 7) is 5.74. The first kappa shape index (κ1) is 19.4. The number of aryl methyl sites for hydroxylation is 1. The highest BCUT2D eigenvalue weighted by Gasteiger charge is 2.25. The van der Waals surface area contributed by atoms with Crippen LogP contribution in [0, 0.1) is 6.92 Å². The van der Waals surface area contributed by atoms with Gasteiger partial charge in [0.25, 0.3) is 5.91 Å². The SMILES string of the molecule is Cc1cccc(C(=O)N2CCN(c3nc4ccccc4n3Cc3ccccc3)CC2)c1. The average molecular weight is 411 g/mol. The van der Waals surface area contributed by atoms with E-state index in [1.54, 1.807) is 0 Å². The monoisotopic (exact) mass is 410 g/mol. The molecule has 0 bridgehead atoms. The highest BCUT2D eigenvalue weighted by atomic mass is 16.2. The molecular weight excluding hydrogens is 384 g/mol. The van der Waals surface area contributed by atoms with Crippen LogP contribution in [0.2, 0.25) is 0 Å². The third kappa shape index (κ3) is 3.91. The number of amides is 1. The lowest BCUT2D eigenvalue weighted by Gasteiger charge is -2.35. The number of fused-ring (bicyclic) bond motifs is 1. The van der Waals surface area contributed by atoms with Crippen molar-refractivity contribution < 1.29 is 4.79 Å². The van der Waals surface area contributed by atoms with Gasteiger partial charge in [-0.1, -0.05) is 60.2 Å². The zero-order valence-electron chi connectivity index (χ0n) is 17.7. The molecule has 1 fully saturated rings. The van der Waals surface area contributed by atoms with Crippen LogP contribution in [0.3, 0.4) is 0 Å². The molecule has 0 unspecified atom stereocenters. The summed E-state index contributed by atoms with van der Waals surface area (Å²) >= 11 is 0. The predicted molar refractivity (Wildman–Crippen MR) is 125 cm³/mol. The standard InChI is InChI=1S/C26H26N4O/c1-20-8-7-11-22(18-20)25(31)28-14-16-29(17-15-28)26-27-23-12-5-6-13-24(23)30(26)19-21-9-3-2-4-10-21/h2-13,18H,14-17,19H2,1H3. The van der Waals surface area contributed by atoms with Gasteiger partial charge in [0.2, 0.25) is 5.95 Å². The fourth-order valence-corrected chi connectivity index (χ4v) is 4.30. The van der Waals surface area contributed by atoms with Gasteiger partial charge in [0.15, 0.2) is 0 Å². The second-order valence-corrected chi connectivity index (χ2v) is 8.12. The summed E-state index contributed by atoms with van der Waals surface area (Å²) in [7, 11) is 0. The maximum Gasteiger partial charge on any atom is 0.253 e. The van der Waals surface area contributed by atoms with Gasteiger partial charge in [-0.2, -0.15) is 0 Å². The normalized spacial score (nSPS) is 14.2. The Balaban J connectivity index is 1.38.